The van der Waals surface area contributed by atoms with Crippen LogP contribution in [-0.4, -0.2) is 18.9 Å². The number of fused-ring (bicyclic) bond motifs is 9. The third kappa shape index (κ3) is 4.14. The van der Waals surface area contributed by atoms with Crippen LogP contribution in [0.1, 0.15) is 11.1 Å². The van der Waals surface area contributed by atoms with Crippen molar-refractivity contribution in [1.82, 2.24) is 18.9 Å². The van der Waals surface area contributed by atoms with Gasteiger partial charge in [0, 0.05) is 27.1 Å². The summed E-state index contributed by atoms with van der Waals surface area (Å²) in [7, 11) is 0. The Hall–Kier alpha value is -6.78. The van der Waals surface area contributed by atoms with Gasteiger partial charge in [0.2, 0.25) is 5.95 Å². The van der Waals surface area contributed by atoms with E-state index in [1.54, 1.807) is 0 Å². The maximum absolute atomic E-state index is 5.46. The summed E-state index contributed by atoms with van der Waals surface area (Å²) in [5.41, 5.74) is 14.3. The Morgan fingerprint density at radius 2 is 1.08 bits per heavy atom. The van der Waals surface area contributed by atoms with E-state index >= 15 is 0 Å². The second-order valence-electron chi connectivity index (χ2n) is 13.4. The van der Waals surface area contributed by atoms with Crippen LogP contribution in [0.4, 0.5) is 0 Å². The summed E-state index contributed by atoms with van der Waals surface area (Å²) in [5.74, 6) is 1.50. The molecule has 10 aromatic rings. The number of hydrogen-bond donors (Lipinski definition) is 0. The summed E-state index contributed by atoms with van der Waals surface area (Å²) in [5, 5.41) is 4.61. The number of para-hydroxylation sites is 1. The van der Waals surface area contributed by atoms with E-state index in [0.717, 1.165) is 56.5 Å². The lowest BCUT2D eigenvalue weighted by Gasteiger charge is -2.14. The van der Waals surface area contributed by atoms with Crippen molar-refractivity contribution in [2.75, 3.05) is 0 Å². The van der Waals surface area contributed by atoms with Gasteiger partial charge in [-0.25, -0.2) is 0 Å². The van der Waals surface area contributed by atoms with Gasteiger partial charge in [0.25, 0.3) is 0 Å². The van der Waals surface area contributed by atoms with E-state index in [9.17, 15) is 0 Å². The molecule has 238 valence electrons. The predicted octanol–water partition coefficient (Wildman–Crippen LogP) is 11.6. The van der Waals surface area contributed by atoms with Crippen LogP contribution in [0.5, 0.6) is 0 Å². The molecular weight excluding hydrogens is 621 g/mol. The van der Waals surface area contributed by atoms with Crippen molar-refractivity contribution in [2.24, 2.45) is 0 Å². The van der Waals surface area contributed by atoms with Gasteiger partial charge in [-0.15, -0.1) is 0 Å². The Bertz CT molecular complexity index is 2990. The van der Waals surface area contributed by atoms with E-state index < -0.39 is 0 Å². The zero-order valence-electron chi connectivity index (χ0n) is 27.7. The van der Waals surface area contributed by atoms with Crippen LogP contribution >= 0.6 is 0 Å². The highest BCUT2D eigenvalue weighted by Gasteiger charge is 2.24. The van der Waals surface area contributed by atoms with Gasteiger partial charge in [0.15, 0.2) is 5.65 Å². The summed E-state index contributed by atoms with van der Waals surface area (Å²) in [4.78, 5) is 10.9. The van der Waals surface area contributed by atoms with Gasteiger partial charge in [0.05, 0.1) is 16.7 Å². The van der Waals surface area contributed by atoms with Crippen LogP contribution in [0.25, 0.3) is 89.1 Å². The smallest absolute Gasteiger partial charge is 0.238 e. The lowest BCUT2D eigenvalue weighted by molar-refractivity contribution is 0.952. The fourth-order valence-electron chi connectivity index (χ4n) is 8.36. The number of hydrogen-bond acceptors (Lipinski definition) is 2. The second-order valence-corrected chi connectivity index (χ2v) is 13.4. The topological polar surface area (TPSA) is 35.1 Å². The summed E-state index contributed by atoms with van der Waals surface area (Å²) < 4.78 is 4.49. The highest BCUT2D eigenvalue weighted by molar-refractivity contribution is 6.11. The largest absolute Gasteiger partial charge is 0.278 e. The molecule has 3 aromatic heterocycles. The van der Waals surface area contributed by atoms with Gasteiger partial charge in [-0.2, -0.15) is 9.97 Å². The molecule has 51 heavy (non-hydrogen) atoms. The highest BCUT2D eigenvalue weighted by atomic mass is 15.2. The number of benzene rings is 7. The van der Waals surface area contributed by atoms with E-state index in [2.05, 4.69) is 179 Å². The molecule has 0 atom stereocenters. The van der Waals surface area contributed by atoms with Crippen molar-refractivity contribution in [3.63, 3.8) is 0 Å². The minimum Gasteiger partial charge on any atom is -0.278 e. The molecule has 3 heterocycles. The van der Waals surface area contributed by atoms with Crippen molar-refractivity contribution in [1.29, 1.82) is 0 Å². The molecule has 0 amide bonds. The fraction of sp³-hybridized carbons (Fsp3) is 0.0213. The molecule has 4 nitrogen and oxygen atoms in total. The van der Waals surface area contributed by atoms with Crippen LogP contribution in [0.2, 0.25) is 0 Å². The zero-order chi connectivity index (χ0) is 33.5. The Morgan fingerprint density at radius 3 is 1.92 bits per heavy atom. The van der Waals surface area contributed by atoms with E-state index in [0.29, 0.717) is 5.95 Å². The van der Waals surface area contributed by atoms with Crippen molar-refractivity contribution < 1.29 is 0 Å². The standard InChI is InChI=1S/C47H30N4/c1-3-14-30(15-4-1)44-38-22-9-10-23-39(38)46-49-47(48-45(51(44)46)31-16-5-2-6-17-31)50-41-25-12-11-21-37(41)40-29-33(26-27-42(40)50)36-24-13-19-34-28-32-18-7-8-20-35(32)43(34)36/h1-27,29H,28H2. The number of rotatable bonds is 4. The van der Waals surface area contributed by atoms with Crippen molar-refractivity contribution in [3.8, 4) is 50.8 Å². The molecule has 1 aliphatic rings. The average Bonchev–Trinajstić information content (AvgIpc) is 3.86. The molecule has 0 radical (unpaired) electrons. The molecule has 4 heteroatoms. The third-order valence-electron chi connectivity index (χ3n) is 10.6. The van der Waals surface area contributed by atoms with Gasteiger partial charge in [-0.05, 0) is 63.6 Å². The maximum Gasteiger partial charge on any atom is 0.238 e. The number of aromatic nitrogens is 4. The summed E-state index contributed by atoms with van der Waals surface area (Å²) in [6, 6.07) is 60.7. The molecular formula is C47H30N4. The normalized spacial score (nSPS) is 12.2. The van der Waals surface area contributed by atoms with Crippen LogP contribution in [-0.2, 0) is 6.42 Å². The molecule has 0 fully saturated rings. The first-order valence-electron chi connectivity index (χ1n) is 17.5. The Balaban J connectivity index is 1.20. The molecule has 0 aliphatic heterocycles. The molecule has 0 unspecified atom stereocenters. The molecule has 0 bridgehead atoms. The molecule has 0 spiro atoms. The van der Waals surface area contributed by atoms with Crippen molar-refractivity contribution >= 4 is 38.2 Å². The first-order valence-corrected chi connectivity index (χ1v) is 17.5. The maximum atomic E-state index is 5.46. The van der Waals surface area contributed by atoms with E-state index in [-0.39, 0.29) is 0 Å². The molecule has 0 saturated carbocycles. The lowest BCUT2D eigenvalue weighted by atomic mass is 9.93. The van der Waals surface area contributed by atoms with Gasteiger partial charge in [0.1, 0.15) is 5.82 Å². The quantitative estimate of drug-likeness (QED) is 0.190. The van der Waals surface area contributed by atoms with E-state index in [4.69, 9.17) is 9.97 Å². The monoisotopic (exact) mass is 650 g/mol. The Morgan fingerprint density at radius 1 is 0.431 bits per heavy atom. The first kappa shape index (κ1) is 28.1. The van der Waals surface area contributed by atoms with Crippen LogP contribution in [0.3, 0.4) is 0 Å². The second kappa shape index (κ2) is 10.9. The minimum absolute atomic E-state index is 0.651. The average molecular weight is 651 g/mol. The molecule has 0 N–H and O–H groups in total. The SMILES string of the molecule is c1ccc(-c2nc(-n3c4ccccc4c4cc(-c5cccc6c5-c5ccccc5C6)ccc43)nc3c4ccccc4c(-c4ccccc4)n23)cc1. The van der Waals surface area contributed by atoms with Crippen LogP contribution < -0.4 is 0 Å². The molecule has 7 aromatic carbocycles. The first-order chi connectivity index (χ1) is 25.3. The third-order valence-corrected chi connectivity index (χ3v) is 10.6. The van der Waals surface area contributed by atoms with Crippen molar-refractivity contribution in [2.45, 2.75) is 6.42 Å². The van der Waals surface area contributed by atoms with E-state index in [1.165, 1.54) is 44.2 Å². The predicted molar refractivity (Wildman–Crippen MR) is 209 cm³/mol. The summed E-state index contributed by atoms with van der Waals surface area (Å²) in [6.45, 7) is 0. The highest BCUT2D eigenvalue weighted by Crippen LogP contribution is 2.44. The number of nitrogens with zero attached hydrogens (tertiary/aromatic N) is 4. The van der Waals surface area contributed by atoms with Gasteiger partial charge in [-0.1, -0.05) is 152 Å². The van der Waals surface area contributed by atoms with Gasteiger partial charge < -0.3 is 0 Å². The molecule has 0 saturated heterocycles. The van der Waals surface area contributed by atoms with Crippen LogP contribution in [0, 0.1) is 0 Å². The van der Waals surface area contributed by atoms with Crippen LogP contribution in [0.15, 0.2) is 170 Å². The molecule has 11 rings (SSSR count). The lowest BCUT2D eigenvalue weighted by Crippen LogP contribution is -2.07. The zero-order valence-corrected chi connectivity index (χ0v) is 27.7. The molecule has 1 aliphatic carbocycles. The minimum atomic E-state index is 0.651. The summed E-state index contributed by atoms with van der Waals surface area (Å²) >= 11 is 0. The summed E-state index contributed by atoms with van der Waals surface area (Å²) in [6.07, 6.45) is 0.977. The van der Waals surface area contributed by atoms with Gasteiger partial charge in [-0.3, -0.25) is 8.97 Å². The Labute approximate surface area is 294 Å². The van der Waals surface area contributed by atoms with Gasteiger partial charge >= 0.3 is 0 Å². The Kier molecular flexibility index (Phi) is 5.98. The van der Waals surface area contributed by atoms with E-state index in [1.807, 2.05) is 0 Å². The van der Waals surface area contributed by atoms with Crippen molar-refractivity contribution in [3.05, 3.63) is 181 Å². The fourth-order valence-corrected chi connectivity index (χ4v) is 8.36.